The van der Waals surface area contributed by atoms with Crippen LogP contribution in [0, 0.1) is 11.3 Å². The molecule has 1 fully saturated rings. The minimum absolute atomic E-state index is 0.286. The lowest BCUT2D eigenvalue weighted by Gasteiger charge is -2.36. The van der Waals surface area contributed by atoms with Crippen LogP contribution in [0.2, 0.25) is 0 Å². The maximum Gasteiger partial charge on any atom is 0.0533 e. The van der Waals surface area contributed by atoms with Crippen molar-refractivity contribution in [1.29, 1.82) is 0 Å². The summed E-state index contributed by atoms with van der Waals surface area (Å²) in [5.74, 6) is 1.48. The lowest BCUT2D eigenvalue weighted by atomic mass is 9.78. The number of halogens is 1. The molecule has 0 N–H and O–H groups in total. The van der Waals surface area contributed by atoms with E-state index in [1.165, 1.54) is 19.3 Å². The first kappa shape index (κ1) is 10.3. The highest BCUT2D eigenvalue weighted by Gasteiger charge is 2.32. The summed E-state index contributed by atoms with van der Waals surface area (Å²) in [5, 5.41) is 0. The van der Waals surface area contributed by atoms with Crippen LogP contribution in [0.15, 0.2) is 0 Å². The van der Waals surface area contributed by atoms with Crippen molar-refractivity contribution in [2.24, 2.45) is 11.3 Å². The molecular formula is C10H19ClO. The second kappa shape index (κ2) is 4.48. The van der Waals surface area contributed by atoms with Gasteiger partial charge in [0.15, 0.2) is 0 Å². The molecule has 1 atom stereocenters. The molecule has 0 aromatic carbocycles. The molecule has 1 rings (SSSR count). The normalized spacial score (nSPS) is 31.0. The second-order valence-corrected chi connectivity index (χ2v) is 4.66. The Bertz CT molecular complexity index is 128. The number of alkyl halides is 1. The summed E-state index contributed by atoms with van der Waals surface area (Å²) in [4.78, 5) is 0. The fourth-order valence-corrected chi connectivity index (χ4v) is 2.42. The van der Waals surface area contributed by atoms with Crippen LogP contribution in [-0.2, 0) is 4.74 Å². The van der Waals surface area contributed by atoms with Gasteiger partial charge in [0, 0.05) is 17.9 Å². The lowest BCUT2D eigenvalue weighted by molar-refractivity contribution is -0.00608. The molecule has 0 bridgehead atoms. The van der Waals surface area contributed by atoms with Crippen molar-refractivity contribution in [3.05, 3.63) is 0 Å². The lowest BCUT2D eigenvalue weighted by Crippen LogP contribution is -2.34. The Labute approximate surface area is 80.4 Å². The van der Waals surface area contributed by atoms with Gasteiger partial charge >= 0.3 is 0 Å². The smallest absolute Gasteiger partial charge is 0.0533 e. The van der Waals surface area contributed by atoms with Crippen molar-refractivity contribution >= 4 is 11.6 Å². The first-order valence-corrected chi connectivity index (χ1v) is 5.36. The van der Waals surface area contributed by atoms with Crippen molar-refractivity contribution < 1.29 is 4.74 Å². The van der Waals surface area contributed by atoms with Gasteiger partial charge in [0.05, 0.1) is 6.61 Å². The summed E-state index contributed by atoms with van der Waals surface area (Å²) in [7, 11) is 0. The molecule has 1 heterocycles. The van der Waals surface area contributed by atoms with E-state index in [4.69, 9.17) is 16.3 Å². The van der Waals surface area contributed by atoms with Gasteiger partial charge < -0.3 is 4.74 Å². The molecular weight excluding hydrogens is 172 g/mol. The SMILES string of the molecule is CC(C)CC1(CCl)CCCOC1. The predicted molar refractivity (Wildman–Crippen MR) is 52.7 cm³/mol. The second-order valence-electron chi connectivity index (χ2n) is 4.39. The number of hydrogen-bond donors (Lipinski definition) is 0. The maximum atomic E-state index is 6.00. The van der Waals surface area contributed by atoms with Crippen molar-refractivity contribution in [3.63, 3.8) is 0 Å². The fraction of sp³-hybridized carbons (Fsp3) is 1.00. The standard InChI is InChI=1S/C10H19ClO/c1-9(2)6-10(7-11)4-3-5-12-8-10/h9H,3-8H2,1-2H3. The molecule has 12 heavy (non-hydrogen) atoms. The van der Waals surface area contributed by atoms with E-state index in [0.717, 1.165) is 25.0 Å². The molecule has 0 saturated carbocycles. The number of rotatable bonds is 3. The van der Waals surface area contributed by atoms with Gasteiger partial charge in [-0.15, -0.1) is 11.6 Å². The molecule has 0 aromatic heterocycles. The molecule has 1 saturated heterocycles. The van der Waals surface area contributed by atoms with Gasteiger partial charge in [0.1, 0.15) is 0 Å². The summed E-state index contributed by atoms with van der Waals surface area (Å²) in [6.45, 7) is 6.30. The van der Waals surface area contributed by atoms with E-state index in [1.54, 1.807) is 0 Å². The zero-order valence-corrected chi connectivity index (χ0v) is 8.86. The van der Waals surface area contributed by atoms with E-state index >= 15 is 0 Å². The van der Waals surface area contributed by atoms with Gasteiger partial charge in [0.25, 0.3) is 0 Å². The van der Waals surface area contributed by atoms with Crippen molar-refractivity contribution in [2.75, 3.05) is 19.1 Å². The van der Waals surface area contributed by atoms with Gasteiger partial charge in [-0.1, -0.05) is 13.8 Å². The first-order chi connectivity index (χ1) is 5.68. The average Bonchev–Trinajstić information content (AvgIpc) is 2.05. The van der Waals surface area contributed by atoms with Crippen LogP contribution < -0.4 is 0 Å². The minimum Gasteiger partial charge on any atom is -0.381 e. The summed E-state index contributed by atoms with van der Waals surface area (Å²) >= 11 is 6.00. The van der Waals surface area contributed by atoms with Crippen molar-refractivity contribution in [3.8, 4) is 0 Å². The van der Waals surface area contributed by atoms with E-state index in [0.29, 0.717) is 0 Å². The molecule has 1 aliphatic rings. The van der Waals surface area contributed by atoms with E-state index in [2.05, 4.69) is 13.8 Å². The zero-order chi connectivity index (χ0) is 9.03. The van der Waals surface area contributed by atoms with Crippen molar-refractivity contribution in [1.82, 2.24) is 0 Å². The Morgan fingerprint density at radius 3 is 2.67 bits per heavy atom. The zero-order valence-electron chi connectivity index (χ0n) is 8.11. The highest BCUT2D eigenvalue weighted by Crippen LogP contribution is 2.36. The molecule has 72 valence electrons. The molecule has 0 spiro atoms. The third kappa shape index (κ3) is 2.63. The first-order valence-electron chi connectivity index (χ1n) is 4.82. The molecule has 1 unspecified atom stereocenters. The molecule has 1 aliphatic heterocycles. The van der Waals surface area contributed by atoms with Crippen LogP contribution in [0.4, 0.5) is 0 Å². The predicted octanol–water partition coefficient (Wildman–Crippen LogP) is 3.07. The van der Waals surface area contributed by atoms with Gasteiger partial charge in [0.2, 0.25) is 0 Å². The van der Waals surface area contributed by atoms with Crippen LogP contribution in [0.1, 0.15) is 33.1 Å². The summed E-state index contributed by atoms with van der Waals surface area (Å²) in [6, 6.07) is 0. The van der Waals surface area contributed by atoms with Gasteiger partial charge in [-0.3, -0.25) is 0 Å². The van der Waals surface area contributed by atoms with Gasteiger partial charge in [-0.05, 0) is 25.2 Å². The van der Waals surface area contributed by atoms with Crippen LogP contribution in [0.25, 0.3) is 0 Å². The van der Waals surface area contributed by atoms with Crippen LogP contribution in [0.3, 0.4) is 0 Å². The van der Waals surface area contributed by atoms with Crippen LogP contribution in [0.5, 0.6) is 0 Å². The van der Waals surface area contributed by atoms with Crippen LogP contribution >= 0.6 is 11.6 Å². The number of hydrogen-bond acceptors (Lipinski definition) is 1. The van der Waals surface area contributed by atoms with Gasteiger partial charge in [-0.2, -0.15) is 0 Å². The highest BCUT2D eigenvalue weighted by molar-refractivity contribution is 6.18. The Morgan fingerprint density at radius 2 is 2.25 bits per heavy atom. The molecule has 0 aliphatic carbocycles. The summed E-state index contributed by atoms with van der Waals surface area (Å²) < 4.78 is 5.49. The quantitative estimate of drug-likeness (QED) is 0.622. The third-order valence-electron chi connectivity index (χ3n) is 2.53. The molecule has 0 aromatic rings. The van der Waals surface area contributed by atoms with Crippen LogP contribution in [-0.4, -0.2) is 19.1 Å². The fourth-order valence-electron chi connectivity index (χ4n) is 2.10. The highest BCUT2D eigenvalue weighted by atomic mass is 35.5. The Balaban J connectivity index is 2.48. The average molecular weight is 191 g/mol. The van der Waals surface area contributed by atoms with E-state index in [-0.39, 0.29) is 5.41 Å². The Morgan fingerprint density at radius 1 is 1.50 bits per heavy atom. The molecule has 1 nitrogen and oxygen atoms in total. The topological polar surface area (TPSA) is 9.23 Å². The van der Waals surface area contributed by atoms with E-state index in [9.17, 15) is 0 Å². The molecule has 2 heteroatoms. The van der Waals surface area contributed by atoms with E-state index < -0.39 is 0 Å². The summed E-state index contributed by atoms with van der Waals surface area (Å²) in [5.41, 5.74) is 0.286. The molecule has 0 amide bonds. The van der Waals surface area contributed by atoms with Gasteiger partial charge in [-0.25, -0.2) is 0 Å². The summed E-state index contributed by atoms with van der Waals surface area (Å²) in [6.07, 6.45) is 3.63. The number of ether oxygens (including phenoxy) is 1. The Kier molecular flexibility index (Phi) is 3.85. The Hall–Kier alpha value is 0.250. The monoisotopic (exact) mass is 190 g/mol. The molecule has 0 radical (unpaired) electrons. The van der Waals surface area contributed by atoms with E-state index in [1.807, 2.05) is 0 Å². The third-order valence-corrected chi connectivity index (χ3v) is 3.10. The minimum atomic E-state index is 0.286. The largest absolute Gasteiger partial charge is 0.381 e. The maximum absolute atomic E-state index is 6.00. The van der Waals surface area contributed by atoms with Crippen molar-refractivity contribution in [2.45, 2.75) is 33.1 Å².